The fraction of sp³-hybridized carbons (Fsp3) is 0.133. The quantitative estimate of drug-likeness (QED) is 0.667. The molecule has 4 heteroatoms. The van der Waals surface area contributed by atoms with Gasteiger partial charge < -0.3 is 15.2 Å². The van der Waals surface area contributed by atoms with Gasteiger partial charge in [-0.25, -0.2) is 4.85 Å². The van der Waals surface area contributed by atoms with Crippen molar-refractivity contribution >= 4 is 11.4 Å². The highest BCUT2D eigenvalue weighted by Crippen LogP contribution is 2.31. The summed E-state index contributed by atoms with van der Waals surface area (Å²) in [4.78, 5) is 3.41. The lowest BCUT2D eigenvalue weighted by Crippen LogP contribution is -1.93. The summed E-state index contributed by atoms with van der Waals surface area (Å²) in [6.07, 6.45) is 0. The first kappa shape index (κ1) is 12.8. The number of nitrogens with zero attached hydrogens (tertiary/aromatic N) is 1. The molecular weight excluding hydrogens is 240 g/mol. The summed E-state index contributed by atoms with van der Waals surface area (Å²) < 4.78 is 10.8. The third-order valence-corrected chi connectivity index (χ3v) is 2.73. The molecule has 0 spiro atoms. The maximum Gasteiger partial charge on any atom is 0.190 e. The zero-order valence-corrected chi connectivity index (χ0v) is 10.8. The van der Waals surface area contributed by atoms with Crippen LogP contribution in [-0.4, -0.2) is 7.11 Å². The molecule has 0 amide bonds. The van der Waals surface area contributed by atoms with Gasteiger partial charge in [0.2, 0.25) is 0 Å². The molecule has 0 bridgehead atoms. The van der Waals surface area contributed by atoms with Gasteiger partial charge >= 0.3 is 0 Å². The molecule has 96 valence electrons. The summed E-state index contributed by atoms with van der Waals surface area (Å²) in [7, 11) is 1.57. The number of rotatable bonds is 3. The van der Waals surface area contributed by atoms with Gasteiger partial charge in [0.25, 0.3) is 0 Å². The Kier molecular flexibility index (Phi) is 3.58. The van der Waals surface area contributed by atoms with Gasteiger partial charge in [0, 0.05) is 6.07 Å². The highest BCUT2D eigenvalue weighted by molar-refractivity contribution is 5.58. The number of benzene rings is 2. The SMILES string of the molecule is [C-]#[N+]c1ccc(Oc2ccc(OC)c(N)c2)cc1C. The molecule has 0 radical (unpaired) electrons. The van der Waals surface area contributed by atoms with E-state index in [-0.39, 0.29) is 0 Å². The van der Waals surface area contributed by atoms with Crippen molar-refractivity contribution in [2.24, 2.45) is 0 Å². The molecule has 0 aliphatic carbocycles. The van der Waals surface area contributed by atoms with E-state index < -0.39 is 0 Å². The van der Waals surface area contributed by atoms with E-state index in [1.54, 1.807) is 37.4 Å². The van der Waals surface area contributed by atoms with Crippen molar-refractivity contribution in [1.82, 2.24) is 0 Å². The lowest BCUT2D eigenvalue weighted by atomic mass is 10.2. The van der Waals surface area contributed by atoms with Crippen LogP contribution in [0, 0.1) is 13.5 Å². The summed E-state index contributed by atoms with van der Waals surface area (Å²) in [5, 5.41) is 0. The fourth-order valence-electron chi connectivity index (χ4n) is 1.73. The Bertz CT molecular complexity index is 645. The van der Waals surface area contributed by atoms with Crippen molar-refractivity contribution in [3.05, 3.63) is 53.4 Å². The molecule has 0 saturated carbocycles. The summed E-state index contributed by atoms with van der Waals surface area (Å²) in [6.45, 7) is 8.88. The van der Waals surface area contributed by atoms with Gasteiger partial charge in [0.05, 0.1) is 19.4 Å². The Balaban J connectivity index is 2.24. The van der Waals surface area contributed by atoms with Crippen LogP contribution in [0.1, 0.15) is 5.56 Å². The van der Waals surface area contributed by atoms with Crippen molar-refractivity contribution < 1.29 is 9.47 Å². The average molecular weight is 254 g/mol. The van der Waals surface area contributed by atoms with Crippen LogP contribution >= 0.6 is 0 Å². The number of hydrogen-bond acceptors (Lipinski definition) is 3. The maximum atomic E-state index is 7.00. The van der Waals surface area contributed by atoms with Crippen LogP contribution in [0.5, 0.6) is 17.2 Å². The molecule has 0 unspecified atom stereocenters. The van der Waals surface area contributed by atoms with E-state index >= 15 is 0 Å². The molecular formula is C15H14N2O2. The average Bonchev–Trinajstić information content (AvgIpc) is 2.39. The Labute approximate surface area is 112 Å². The first-order valence-electron chi connectivity index (χ1n) is 5.73. The minimum Gasteiger partial charge on any atom is -0.495 e. The third-order valence-electron chi connectivity index (χ3n) is 2.73. The van der Waals surface area contributed by atoms with E-state index in [9.17, 15) is 0 Å². The molecule has 2 rings (SSSR count). The van der Waals surface area contributed by atoms with Crippen molar-refractivity contribution in [2.75, 3.05) is 12.8 Å². The van der Waals surface area contributed by atoms with E-state index in [0.29, 0.717) is 28.6 Å². The molecule has 0 aliphatic rings. The number of ether oxygens (including phenoxy) is 2. The molecule has 2 aromatic rings. The number of nitrogens with two attached hydrogens (primary N) is 1. The van der Waals surface area contributed by atoms with Gasteiger partial charge in [0.15, 0.2) is 5.69 Å². The minimum absolute atomic E-state index is 0.523. The smallest absolute Gasteiger partial charge is 0.190 e. The topological polar surface area (TPSA) is 48.8 Å². The molecule has 0 atom stereocenters. The molecule has 0 aliphatic heterocycles. The van der Waals surface area contributed by atoms with Gasteiger partial charge in [-0.1, -0.05) is 6.07 Å². The largest absolute Gasteiger partial charge is 0.495 e. The maximum absolute atomic E-state index is 7.00. The van der Waals surface area contributed by atoms with Gasteiger partial charge in [-0.15, -0.1) is 0 Å². The van der Waals surface area contributed by atoms with Crippen LogP contribution in [0.4, 0.5) is 11.4 Å². The van der Waals surface area contributed by atoms with Crippen LogP contribution in [0.25, 0.3) is 4.85 Å². The van der Waals surface area contributed by atoms with Crippen LogP contribution < -0.4 is 15.2 Å². The minimum atomic E-state index is 0.523. The highest BCUT2D eigenvalue weighted by Gasteiger charge is 2.04. The predicted octanol–water partition coefficient (Wildman–Crippen LogP) is 3.93. The van der Waals surface area contributed by atoms with Crippen LogP contribution in [0.2, 0.25) is 0 Å². The van der Waals surface area contributed by atoms with E-state index in [1.807, 2.05) is 13.0 Å². The molecule has 2 N–H and O–H groups in total. The highest BCUT2D eigenvalue weighted by atomic mass is 16.5. The van der Waals surface area contributed by atoms with Crippen molar-refractivity contribution in [1.29, 1.82) is 0 Å². The van der Waals surface area contributed by atoms with E-state index in [0.717, 1.165) is 5.56 Å². The first-order valence-corrected chi connectivity index (χ1v) is 5.73. The molecule has 0 saturated heterocycles. The Hall–Kier alpha value is -2.67. The third kappa shape index (κ3) is 2.78. The number of hydrogen-bond donors (Lipinski definition) is 1. The Morgan fingerprint density at radius 3 is 2.37 bits per heavy atom. The second-order valence-electron chi connectivity index (χ2n) is 4.07. The zero-order valence-electron chi connectivity index (χ0n) is 10.8. The summed E-state index contributed by atoms with van der Waals surface area (Å²) in [6, 6.07) is 10.6. The second kappa shape index (κ2) is 5.32. The van der Waals surface area contributed by atoms with Crippen LogP contribution in [-0.2, 0) is 0 Å². The summed E-state index contributed by atoms with van der Waals surface area (Å²) in [5.41, 5.74) is 7.85. The van der Waals surface area contributed by atoms with E-state index in [1.165, 1.54) is 0 Å². The van der Waals surface area contributed by atoms with Crippen LogP contribution in [0.15, 0.2) is 36.4 Å². The number of aryl methyl sites for hydroxylation is 1. The lowest BCUT2D eigenvalue weighted by molar-refractivity contribution is 0.415. The van der Waals surface area contributed by atoms with Gasteiger partial charge in [-0.3, -0.25) is 0 Å². The first-order chi connectivity index (χ1) is 9.13. The zero-order chi connectivity index (χ0) is 13.8. The van der Waals surface area contributed by atoms with Gasteiger partial charge in [-0.05, 0) is 36.8 Å². The molecule has 2 aromatic carbocycles. The molecule has 0 heterocycles. The second-order valence-corrected chi connectivity index (χ2v) is 4.07. The predicted molar refractivity (Wildman–Crippen MR) is 74.9 cm³/mol. The van der Waals surface area contributed by atoms with Crippen molar-refractivity contribution in [3.8, 4) is 17.2 Å². The number of anilines is 1. The fourth-order valence-corrected chi connectivity index (χ4v) is 1.73. The standard InChI is InChI=1S/C15H14N2O2/c1-10-8-11(4-6-14(10)17-2)19-12-5-7-15(18-3)13(16)9-12/h4-9H,16H2,1,3H3. The molecule has 19 heavy (non-hydrogen) atoms. The van der Waals surface area contributed by atoms with Crippen molar-refractivity contribution in [2.45, 2.75) is 6.92 Å². The molecule has 0 aromatic heterocycles. The van der Waals surface area contributed by atoms with E-state index in [4.69, 9.17) is 21.8 Å². The monoisotopic (exact) mass is 254 g/mol. The normalized spacial score (nSPS) is 9.74. The number of methoxy groups -OCH3 is 1. The lowest BCUT2D eigenvalue weighted by Gasteiger charge is -2.10. The molecule has 4 nitrogen and oxygen atoms in total. The molecule has 0 fully saturated rings. The van der Waals surface area contributed by atoms with Crippen molar-refractivity contribution in [3.63, 3.8) is 0 Å². The summed E-state index contributed by atoms with van der Waals surface area (Å²) in [5.74, 6) is 1.93. The Morgan fingerprint density at radius 2 is 1.79 bits per heavy atom. The number of nitrogen functional groups attached to an aromatic ring is 1. The van der Waals surface area contributed by atoms with Gasteiger partial charge in [-0.2, -0.15) is 0 Å². The van der Waals surface area contributed by atoms with Crippen LogP contribution in [0.3, 0.4) is 0 Å². The van der Waals surface area contributed by atoms with Gasteiger partial charge in [0.1, 0.15) is 17.2 Å². The Morgan fingerprint density at radius 1 is 1.11 bits per heavy atom. The summed E-state index contributed by atoms with van der Waals surface area (Å²) >= 11 is 0. The van der Waals surface area contributed by atoms with E-state index in [2.05, 4.69) is 4.85 Å².